The van der Waals surface area contributed by atoms with Gasteiger partial charge in [0.15, 0.2) is 5.82 Å². The van der Waals surface area contributed by atoms with Crippen LogP contribution in [0.1, 0.15) is 6.42 Å². The van der Waals surface area contributed by atoms with Crippen LogP contribution in [-0.2, 0) is 6.54 Å². The van der Waals surface area contributed by atoms with Gasteiger partial charge in [-0.25, -0.2) is 0 Å². The highest BCUT2D eigenvalue weighted by Crippen LogP contribution is 2.20. The second-order valence-corrected chi connectivity index (χ2v) is 3.49. The van der Waals surface area contributed by atoms with E-state index >= 15 is 0 Å². The topological polar surface area (TPSA) is 55.6 Å². The Hall–Kier alpha value is -1.91. The zero-order valence-electron chi connectivity index (χ0n) is 8.22. The first-order valence-electron chi connectivity index (χ1n) is 5.03. The van der Waals surface area contributed by atoms with Crippen LogP contribution in [0.3, 0.4) is 0 Å². The number of aromatic nitrogens is 4. The van der Waals surface area contributed by atoms with Crippen LogP contribution in [0.15, 0.2) is 24.4 Å². The summed E-state index contributed by atoms with van der Waals surface area (Å²) in [5, 5.41) is 11.5. The monoisotopic (exact) mass is 201 g/mol. The fraction of sp³-hybridized carbons (Fsp3) is 0.300. The van der Waals surface area contributed by atoms with Crippen molar-refractivity contribution in [3.05, 3.63) is 24.4 Å². The lowest BCUT2D eigenvalue weighted by molar-refractivity contribution is 0.630. The molecule has 0 saturated carbocycles. The molecule has 0 saturated heterocycles. The number of pyridine rings is 1. The van der Waals surface area contributed by atoms with Crippen molar-refractivity contribution in [3.63, 3.8) is 0 Å². The zero-order valence-corrected chi connectivity index (χ0v) is 8.22. The van der Waals surface area contributed by atoms with Gasteiger partial charge in [-0.15, -0.1) is 10.2 Å². The highest BCUT2D eigenvalue weighted by Gasteiger charge is 2.16. The summed E-state index contributed by atoms with van der Waals surface area (Å²) in [6.45, 7) is 1.93. The minimum Gasteiger partial charge on any atom is -0.354 e. The summed E-state index contributed by atoms with van der Waals surface area (Å²) < 4.78 is 2.08. The third-order valence-corrected chi connectivity index (χ3v) is 2.49. The average molecular weight is 201 g/mol. The maximum absolute atomic E-state index is 4.28. The predicted molar refractivity (Wildman–Crippen MR) is 56.4 cm³/mol. The van der Waals surface area contributed by atoms with Gasteiger partial charge in [0.2, 0.25) is 5.95 Å². The molecule has 5 nitrogen and oxygen atoms in total. The lowest BCUT2D eigenvalue weighted by Gasteiger charge is -2.15. The van der Waals surface area contributed by atoms with Crippen molar-refractivity contribution in [2.24, 2.45) is 0 Å². The predicted octanol–water partition coefficient (Wildman–Crippen LogP) is 1.16. The summed E-state index contributed by atoms with van der Waals surface area (Å²) >= 11 is 0. The van der Waals surface area contributed by atoms with Gasteiger partial charge in [0.25, 0.3) is 0 Å². The second-order valence-electron chi connectivity index (χ2n) is 3.49. The molecule has 1 aliphatic heterocycles. The molecule has 0 radical (unpaired) electrons. The van der Waals surface area contributed by atoms with E-state index in [1.54, 1.807) is 6.20 Å². The standard InChI is InChI=1S/C10H11N5/c1-2-5-11-8(4-1)9-13-14-10-12-6-3-7-15(9)10/h1-2,4-5H,3,6-7H2,(H,12,14). The summed E-state index contributed by atoms with van der Waals surface area (Å²) in [7, 11) is 0. The molecule has 0 atom stereocenters. The third-order valence-electron chi connectivity index (χ3n) is 2.49. The van der Waals surface area contributed by atoms with Crippen LogP contribution in [0.25, 0.3) is 11.5 Å². The van der Waals surface area contributed by atoms with Gasteiger partial charge in [-0.1, -0.05) is 6.07 Å². The molecule has 5 heteroatoms. The molecule has 1 N–H and O–H groups in total. The Balaban J connectivity index is 2.09. The number of nitrogens with one attached hydrogen (secondary N) is 1. The average Bonchev–Trinajstić information content (AvgIpc) is 2.74. The maximum Gasteiger partial charge on any atom is 0.224 e. The fourth-order valence-electron chi connectivity index (χ4n) is 1.77. The van der Waals surface area contributed by atoms with Gasteiger partial charge in [-0.05, 0) is 18.6 Å². The maximum atomic E-state index is 4.28. The minimum absolute atomic E-state index is 0.845. The normalized spacial score (nSPS) is 14.4. The first-order valence-corrected chi connectivity index (χ1v) is 5.03. The van der Waals surface area contributed by atoms with Gasteiger partial charge in [-0.2, -0.15) is 0 Å². The van der Waals surface area contributed by atoms with Crippen molar-refractivity contribution in [1.82, 2.24) is 19.7 Å². The van der Waals surface area contributed by atoms with Gasteiger partial charge in [0.1, 0.15) is 5.69 Å². The fourth-order valence-corrected chi connectivity index (χ4v) is 1.77. The van der Waals surface area contributed by atoms with E-state index in [0.29, 0.717) is 0 Å². The highest BCUT2D eigenvalue weighted by atomic mass is 15.4. The van der Waals surface area contributed by atoms with Crippen molar-refractivity contribution in [2.45, 2.75) is 13.0 Å². The first kappa shape index (κ1) is 8.40. The quantitative estimate of drug-likeness (QED) is 0.752. The molecule has 0 fully saturated rings. The summed E-state index contributed by atoms with van der Waals surface area (Å²) in [5.74, 6) is 1.69. The molecule has 1 aliphatic rings. The Kier molecular flexibility index (Phi) is 1.87. The van der Waals surface area contributed by atoms with E-state index < -0.39 is 0 Å². The van der Waals surface area contributed by atoms with Gasteiger partial charge in [0.05, 0.1) is 0 Å². The van der Waals surface area contributed by atoms with Crippen LogP contribution >= 0.6 is 0 Å². The van der Waals surface area contributed by atoms with Gasteiger partial charge in [0, 0.05) is 19.3 Å². The Labute approximate surface area is 87.2 Å². The number of hydrogen-bond donors (Lipinski definition) is 1. The van der Waals surface area contributed by atoms with E-state index in [9.17, 15) is 0 Å². The largest absolute Gasteiger partial charge is 0.354 e. The highest BCUT2D eigenvalue weighted by molar-refractivity contribution is 5.52. The Morgan fingerprint density at radius 2 is 2.27 bits per heavy atom. The van der Waals surface area contributed by atoms with E-state index in [1.807, 2.05) is 18.2 Å². The molecule has 3 rings (SSSR count). The van der Waals surface area contributed by atoms with E-state index in [2.05, 4.69) is 25.1 Å². The van der Waals surface area contributed by atoms with Crippen LogP contribution in [0, 0.1) is 0 Å². The molecule has 3 heterocycles. The molecule has 15 heavy (non-hydrogen) atoms. The SMILES string of the molecule is c1ccc(-c2nnc3n2CCCN3)nc1. The van der Waals surface area contributed by atoms with Crippen molar-refractivity contribution in [2.75, 3.05) is 11.9 Å². The summed E-state index contributed by atoms with van der Waals surface area (Å²) in [4.78, 5) is 4.28. The molecule has 2 aromatic rings. The molecule has 0 spiro atoms. The summed E-state index contributed by atoms with van der Waals surface area (Å²) in [6, 6.07) is 5.81. The van der Waals surface area contributed by atoms with Crippen LogP contribution < -0.4 is 5.32 Å². The molecule has 0 aliphatic carbocycles. The number of fused-ring (bicyclic) bond motifs is 1. The second kappa shape index (κ2) is 3.34. The molecule has 0 unspecified atom stereocenters. The third kappa shape index (κ3) is 1.36. The molecule has 0 aromatic carbocycles. The van der Waals surface area contributed by atoms with Gasteiger partial charge in [-0.3, -0.25) is 9.55 Å². The van der Waals surface area contributed by atoms with E-state index in [-0.39, 0.29) is 0 Å². The summed E-state index contributed by atoms with van der Waals surface area (Å²) in [5.41, 5.74) is 0.875. The van der Waals surface area contributed by atoms with E-state index in [0.717, 1.165) is 37.0 Å². The number of rotatable bonds is 1. The van der Waals surface area contributed by atoms with Crippen LogP contribution in [-0.4, -0.2) is 26.3 Å². The number of anilines is 1. The molecule has 0 bridgehead atoms. The molecular formula is C10H11N5. The molecule has 2 aromatic heterocycles. The Bertz CT molecular complexity index is 462. The Morgan fingerprint density at radius 1 is 1.27 bits per heavy atom. The van der Waals surface area contributed by atoms with Gasteiger partial charge < -0.3 is 5.32 Å². The zero-order chi connectivity index (χ0) is 10.1. The lowest BCUT2D eigenvalue weighted by atomic mass is 10.3. The van der Waals surface area contributed by atoms with Crippen molar-refractivity contribution < 1.29 is 0 Å². The first-order chi connectivity index (χ1) is 7.45. The van der Waals surface area contributed by atoms with Gasteiger partial charge >= 0.3 is 0 Å². The van der Waals surface area contributed by atoms with Crippen LogP contribution in [0.5, 0.6) is 0 Å². The molecule has 76 valence electrons. The smallest absolute Gasteiger partial charge is 0.224 e. The van der Waals surface area contributed by atoms with E-state index in [4.69, 9.17) is 0 Å². The Morgan fingerprint density at radius 3 is 3.13 bits per heavy atom. The van der Waals surface area contributed by atoms with E-state index in [1.165, 1.54) is 0 Å². The van der Waals surface area contributed by atoms with Crippen molar-refractivity contribution >= 4 is 5.95 Å². The number of hydrogen-bond acceptors (Lipinski definition) is 4. The minimum atomic E-state index is 0.845. The number of nitrogens with zero attached hydrogens (tertiary/aromatic N) is 4. The van der Waals surface area contributed by atoms with Crippen molar-refractivity contribution in [1.29, 1.82) is 0 Å². The molecule has 0 amide bonds. The lowest BCUT2D eigenvalue weighted by Crippen LogP contribution is -2.17. The van der Waals surface area contributed by atoms with Crippen LogP contribution in [0.2, 0.25) is 0 Å². The molecular weight excluding hydrogens is 190 g/mol. The summed E-state index contributed by atoms with van der Waals surface area (Å²) in [6.07, 6.45) is 2.87. The van der Waals surface area contributed by atoms with Crippen LogP contribution in [0.4, 0.5) is 5.95 Å². The van der Waals surface area contributed by atoms with Crippen molar-refractivity contribution in [3.8, 4) is 11.5 Å².